The van der Waals surface area contributed by atoms with Crippen molar-refractivity contribution in [1.82, 2.24) is 14.8 Å². The number of hydrogen-bond donors (Lipinski definition) is 2. The number of pyridine rings is 1. The first kappa shape index (κ1) is 17.5. The first-order chi connectivity index (χ1) is 11.7. The van der Waals surface area contributed by atoms with Crippen molar-refractivity contribution in [2.24, 2.45) is 11.1 Å². The zero-order chi connectivity index (χ0) is 18.4. The summed E-state index contributed by atoms with van der Waals surface area (Å²) in [5, 5.41) is 6.40. The van der Waals surface area contributed by atoms with Crippen molar-refractivity contribution in [2.45, 2.75) is 26.8 Å². The molecule has 0 fully saturated rings. The van der Waals surface area contributed by atoms with Gasteiger partial charge in [-0.1, -0.05) is 36.7 Å². The van der Waals surface area contributed by atoms with Gasteiger partial charge in [0.25, 0.3) is 0 Å². The Kier molecular flexibility index (Phi) is 4.32. The van der Waals surface area contributed by atoms with Gasteiger partial charge in [0, 0.05) is 16.1 Å². The largest absolute Gasteiger partial charge is 0.447 e. The quantitative estimate of drug-likeness (QED) is 0.691. The molecule has 132 valence electrons. The SMILES string of the molecule is CC(C)(C)C(COC(N)=O)n1cc2c(N)nc3cc(Br)ccc3c2n1. The third kappa shape index (κ3) is 3.39. The van der Waals surface area contributed by atoms with E-state index in [1.807, 2.05) is 45.2 Å². The van der Waals surface area contributed by atoms with E-state index < -0.39 is 6.09 Å². The number of fused-ring (bicyclic) bond motifs is 3. The van der Waals surface area contributed by atoms with Gasteiger partial charge in [-0.3, -0.25) is 4.68 Å². The standard InChI is InChI=1S/C17H20BrN5O2/c1-17(2,3)13(8-25-16(20)24)23-7-11-14(22-23)10-5-4-9(18)6-12(10)21-15(11)19/h4-7,13H,8H2,1-3H3,(H2,19,21)(H2,20,24). The molecule has 8 heteroatoms. The van der Waals surface area contributed by atoms with E-state index in [1.165, 1.54) is 0 Å². The van der Waals surface area contributed by atoms with Crippen LogP contribution in [0, 0.1) is 5.41 Å². The molecule has 0 bridgehead atoms. The van der Waals surface area contributed by atoms with Crippen LogP contribution in [0.2, 0.25) is 0 Å². The van der Waals surface area contributed by atoms with E-state index in [1.54, 1.807) is 4.68 Å². The molecule has 1 unspecified atom stereocenters. The van der Waals surface area contributed by atoms with Crippen LogP contribution in [0.1, 0.15) is 26.8 Å². The number of nitrogens with two attached hydrogens (primary N) is 2. The molecule has 0 radical (unpaired) electrons. The molecule has 1 atom stereocenters. The molecular weight excluding hydrogens is 386 g/mol. The number of carbonyl (C=O) groups excluding carboxylic acids is 1. The highest BCUT2D eigenvalue weighted by Crippen LogP contribution is 2.34. The normalized spacial score (nSPS) is 13.3. The van der Waals surface area contributed by atoms with Crippen LogP contribution in [0.25, 0.3) is 21.8 Å². The highest BCUT2D eigenvalue weighted by molar-refractivity contribution is 9.10. The Labute approximate surface area is 153 Å². The minimum absolute atomic E-state index is 0.129. The predicted octanol–water partition coefficient (Wildman–Crippen LogP) is 3.61. The van der Waals surface area contributed by atoms with Gasteiger partial charge in [0.05, 0.1) is 16.9 Å². The number of nitrogen functional groups attached to an aromatic ring is 1. The van der Waals surface area contributed by atoms with Crippen LogP contribution in [0.5, 0.6) is 0 Å². The zero-order valence-electron chi connectivity index (χ0n) is 14.3. The molecule has 2 heterocycles. The van der Waals surface area contributed by atoms with E-state index in [9.17, 15) is 4.79 Å². The number of halogens is 1. The maximum absolute atomic E-state index is 11.0. The van der Waals surface area contributed by atoms with Crippen molar-refractivity contribution in [3.8, 4) is 0 Å². The number of aromatic nitrogens is 3. The van der Waals surface area contributed by atoms with Gasteiger partial charge >= 0.3 is 6.09 Å². The first-order valence-corrected chi connectivity index (χ1v) is 8.62. The third-order valence-electron chi connectivity index (χ3n) is 4.17. The Hall–Kier alpha value is -2.35. The molecule has 1 amide bonds. The fraction of sp³-hybridized carbons (Fsp3) is 0.353. The molecule has 25 heavy (non-hydrogen) atoms. The van der Waals surface area contributed by atoms with Gasteiger partial charge in [-0.25, -0.2) is 9.78 Å². The minimum atomic E-state index is -0.803. The Bertz CT molecular complexity index is 961. The molecule has 0 spiro atoms. The lowest BCUT2D eigenvalue weighted by atomic mass is 9.87. The van der Waals surface area contributed by atoms with Crippen LogP contribution in [-0.2, 0) is 4.74 Å². The van der Waals surface area contributed by atoms with Crippen LogP contribution in [-0.4, -0.2) is 27.5 Å². The summed E-state index contributed by atoms with van der Waals surface area (Å²) < 4.78 is 7.75. The van der Waals surface area contributed by atoms with Crippen LogP contribution < -0.4 is 11.5 Å². The van der Waals surface area contributed by atoms with Gasteiger partial charge in [0.15, 0.2) is 0 Å². The maximum atomic E-state index is 11.0. The lowest BCUT2D eigenvalue weighted by molar-refractivity contribution is 0.0947. The van der Waals surface area contributed by atoms with Crippen molar-refractivity contribution < 1.29 is 9.53 Å². The summed E-state index contributed by atoms with van der Waals surface area (Å²) in [6.07, 6.45) is 1.04. The lowest BCUT2D eigenvalue weighted by Crippen LogP contribution is -2.31. The molecule has 0 saturated carbocycles. The molecule has 3 aromatic rings. The van der Waals surface area contributed by atoms with E-state index in [2.05, 4.69) is 20.9 Å². The van der Waals surface area contributed by atoms with Gasteiger partial charge in [-0.2, -0.15) is 5.10 Å². The predicted molar refractivity (Wildman–Crippen MR) is 101 cm³/mol. The van der Waals surface area contributed by atoms with Crippen molar-refractivity contribution in [2.75, 3.05) is 12.3 Å². The zero-order valence-corrected chi connectivity index (χ0v) is 15.9. The maximum Gasteiger partial charge on any atom is 0.404 e. The van der Waals surface area contributed by atoms with Crippen LogP contribution in [0.3, 0.4) is 0 Å². The molecular formula is C17H20BrN5O2. The molecule has 7 nitrogen and oxygen atoms in total. The Morgan fingerprint density at radius 2 is 2.08 bits per heavy atom. The van der Waals surface area contributed by atoms with Crippen LogP contribution in [0.4, 0.5) is 10.6 Å². The lowest BCUT2D eigenvalue weighted by Gasteiger charge is -2.30. The molecule has 0 aliphatic heterocycles. The molecule has 3 rings (SSSR count). The summed E-state index contributed by atoms with van der Waals surface area (Å²) in [6.45, 7) is 6.27. The second kappa shape index (κ2) is 6.18. The molecule has 0 aliphatic carbocycles. The summed E-state index contributed by atoms with van der Waals surface area (Å²) in [4.78, 5) is 15.5. The molecule has 2 aromatic heterocycles. The van der Waals surface area contributed by atoms with Crippen molar-refractivity contribution in [3.63, 3.8) is 0 Å². The van der Waals surface area contributed by atoms with Crippen molar-refractivity contribution in [3.05, 3.63) is 28.9 Å². The van der Waals surface area contributed by atoms with Crippen molar-refractivity contribution >= 4 is 49.6 Å². The smallest absolute Gasteiger partial charge is 0.404 e. The van der Waals surface area contributed by atoms with E-state index in [0.717, 1.165) is 26.3 Å². The number of ether oxygens (including phenoxy) is 1. The average Bonchev–Trinajstić information content (AvgIpc) is 2.90. The Morgan fingerprint density at radius 1 is 1.36 bits per heavy atom. The van der Waals surface area contributed by atoms with E-state index in [-0.39, 0.29) is 18.1 Å². The summed E-state index contributed by atoms with van der Waals surface area (Å²) in [6, 6.07) is 5.60. The van der Waals surface area contributed by atoms with Crippen LogP contribution in [0.15, 0.2) is 28.9 Å². The molecule has 0 saturated heterocycles. The van der Waals surface area contributed by atoms with Gasteiger partial charge < -0.3 is 16.2 Å². The number of carbonyl (C=O) groups is 1. The number of hydrogen-bond acceptors (Lipinski definition) is 5. The topological polar surface area (TPSA) is 109 Å². The minimum Gasteiger partial charge on any atom is -0.447 e. The van der Waals surface area contributed by atoms with Gasteiger partial charge in [-0.15, -0.1) is 0 Å². The number of nitrogens with zero attached hydrogens (tertiary/aromatic N) is 3. The van der Waals surface area contributed by atoms with Gasteiger partial charge in [0.1, 0.15) is 17.9 Å². The van der Waals surface area contributed by atoms with Gasteiger partial charge in [0.2, 0.25) is 0 Å². The summed E-state index contributed by atoms with van der Waals surface area (Å²) >= 11 is 3.44. The fourth-order valence-corrected chi connectivity index (χ4v) is 3.16. The Balaban J connectivity index is 2.17. The van der Waals surface area contributed by atoms with E-state index >= 15 is 0 Å². The monoisotopic (exact) mass is 405 g/mol. The number of benzene rings is 1. The van der Waals surface area contributed by atoms with Crippen molar-refractivity contribution in [1.29, 1.82) is 0 Å². The van der Waals surface area contributed by atoms with E-state index in [4.69, 9.17) is 21.3 Å². The summed E-state index contributed by atoms with van der Waals surface area (Å²) in [5.74, 6) is 0.412. The van der Waals surface area contributed by atoms with E-state index in [0.29, 0.717) is 5.82 Å². The summed E-state index contributed by atoms with van der Waals surface area (Å²) in [7, 11) is 0. The second-order valence-electron chi connectivity index (χ2n) is 7.04. The number of primary amides is 1. The molecule has 4 N–H and O–H groups in total. The Morgan fingerprint density at radius 3 is 2.72 bits per heavy atom. The fourth-order valence-electron chi connectivity index (χ4n) is 2.81. The summed E-state index contributed by atoms with van der Waals surface area (Å²) in [5.41, 5.74) is 12.6. The number of anilines is 1. The second-order valence-corrected chi connectivity index (χ2v) is 7.96. The molecule has 1 aromatic carbocycles. The molecule has 0 aliphatic rings. The third-order valence-corrected chi connectivity index (χ3v) is 4.66. The highest BCUT2D eigenvalue weighted by Gasteiger charge is 2.29. The first-order valence-electron chi connectivity index (χ1n) is 7.82. The van der Waals surface area contributed by atoms with Gasteiger partial charge in [-0.05, 0) is 23.6 Å². The van der Waals surface area contributed by atoms with Crippen LogP contribution >= 0.6 is 15.9 Å². The number of amides is 1. The average molecular weight is 406 g/mol. The number of rotatable bonds is 3. The highest BCUT2D eigenvalue weighted by atomic mass is 79.9.